The van der Waals surface area contributed by atoms with Gasteiger partial charge in [-0.1, -0.05) is 47.3 Å². The van der Waals surface area contributed by atoms with E-state index in [2.05, 4.69) is 25.5 Å². The molecular formula is C21H25Cl3N6O. The summed E-state index contributed by atoms with van der Waals surface area (Å²) < 4.78 is 0. The zero-order valence-electron chi connectivity index (χ0n) is 17.1. The largest absolute Gasteiger partial charge is 0.366 e. The number of hydrogen-bond acceptors (Lipinski definition) is 6. The van der Waals surface area contributed by atoms with E-state index in [0.717, 1.165) is 31.4 Å². The van der Waals surface area contributed by atoms with Crippen LogP contribution in [0.25, 0.3) is 0 Å². The van der Waals surface area contributed by atoms with Crippen molar-refractivity contribution < 1.29 is 4.79 Å². The van der Waals surface area contributed by atoms with Crippen molar-refractivity contribution in [2.24, 2.45) is 0 Å². The summed E-state index contributed by atoms with van der Waals surface area (Å²) in [5.74, 6) is 1.37. The van der Waals surface area contributed by atoms with E-state index in [1.807, 2.05) is 11.0 Å². The fourth-order valence-corrected chi connectivity index (χ4v) is 4.55. The minimum absolute atomic E-state index is 0.0433. The Balaban J connectivity index is 1.36. The molecule has 10 heteroatoms. The standard InChI is InChI=1S/C21H25Cl3N6O/c22-15-5-4-14(16(23)11-15)13-26-19-12-18(24)27-21(28-19)30-9-7-29(8-10-30)20(31)17-3-1-2-6-25-17/h4-5,11-12,17,25H,1-3,6-10,13H2,(H,26,27,28)/t17-/m1/s1. The van der Waals surface area contributed by atoms with Crippen LogP contribution in [-0.4, -0.2) is 59.5 Å². The fourth-order valence-electron chi connectivity index (χ4n) is 3.90. The first-order chi connectivity index (χ1) is 15.0. The molecule has 166 valence electrons. The second kappa shape index (κ2) is 10.2. The third-order valence-electron chi connectivity index (χ3n) is 5.64. The molecule has 2 saturated heterocycles. The molecule has 1 atom stereocenters. The van der Waals surface area contributed by atoms with Crippen LogP contribution in [0, 0.1) is 0 Å². The third kappa shape index (κ3) is 5.71. The molecule has 0 bridgehead atoms. The normalized spacial score (nSPS) is 19.4. The highest BCUT2D eigenvalue weighted by molar-refractivity contribution is 6.35. The van der Waals surface area contributed by atoms with E-state index >= 15 is 0 Å². The van der Waals surface area contributed by atoms with E-state index in [4.69, 9.17) is 34.8 Å². The van der Waals surface area contributed by atoms with Gasteiger partial charge >= 0.3 is 0 Å². The van der Waals surface area contributed by atoms with Crippen molar-refractivity contribution in [2.75, 3.05) is 42.9 Å². The maximum absolute atomic E-state index is 12.7. The van der Waals surface area contributed by atoms with Crippen LogP contribution in [0.1, 0.15) is 24.8 Å². The summed E-state index contributed by atoms with van der Waals surface area (Å²) in [7, 11) is 0. The molecule has 2 aromatic rings. The van der Waals surface area contributed by atoms with Crippen molar-refractivity contribution in [1.29, 1.82) is 0 Å². The third-order valence-corrected chi connectivity index (χ3v) is 6.42. The number of piperazine rings is 1. The summed E-state index contributed by atoms with van der Waals surface area (Å²) in [6.45, 7) is 4.04. The van der Waals surface area contributed by atoms with Crippen LogP contribution in [0.3, 0.4) is 0 Å². The summed E-state index contributed by atoms with van der Waals surface area (Å²) in [5.41, 5.74) is 0.908. The fraction of sp³-hybridized carbons (Fsp3) is 0.476. The summed E-state index contributed by atoms with van der Waals surface area (Å²) in [4.78, 5) is 25.7. The Labute approximate surface area is 197 Å². The Morgan fingerprint density at radius 1 is 1.10 bits per heavy atom. The zero-order chi connectivity index (χ0) is 21.8. The summed E-state index contributed by atoms with van der Waals surface area (Å²) >= 11 is 18.5. The van der Waals surface area contributed by atoms with Crippen LogP contribution in [-0.2, 0) is 11.3 Å². The molecule has 4 rings (SSSR count). The molecule has 2 aliphatic rings. The molecule has 2 aliphatic heterocycles. The molecule has 1 amide bonds. The van der Waals surface area contributed by atoms with Crippen LogP contribution < -0.4 is 15.5 Å². The summed E-state index contributed by atoms with van der Waals surface area (Å²) in [5, 5.41) is 8.13. The SMILES string of the molecule is O=C([C@H]1CCCCN1)N1CCN(c2nc(Cl)cc(NCc3ccc(Cl)cc3Cl)n2)CC1. The Morgan fingerprint density at radius 3 is 2.61 bits per heavy atom. The smallest absolute Gasteiger partial charge is 0.239 e. The molecule has 0 aliphatic carbocycles. The van der Waals surface area contributed by atoms with Gasteiger partial charge in [-0.3, -0.25) is 4.79 Å². The van der Waals surface area contributed by atoms with E-state index in [9.17, 15) is 4.79 Å². The highest BCUT2D eigenvalue weighted by Gasteiger charge is 2.29. The van der Waals surface area contributed by atoms with Gasteiger partial charge < -0.3 is 20.4 Å². The number of aromatic nitrogens is 2. The second-order valence-corrected chi connectivity index (χ2v) is 9.01. The van der Waals surface area contributed by atoms with Crippen molar-refractivity contribution in [1.82, 2.24) is 20.2 Å². The Morgan fingerprint density at radius 2 is 1.90 bits per heavy atom. The monoisotopic (exact) mass is 482 g/mol. The van der Waals surface area contributed by atoms with Gasteiger partial charge in [0.25, 0.3) is 0 Å². The average Bonchev–Trinajstić information content (AvgIpc) is 2.78. The molecule has 0 spiro atoms. The molecule has 0 saturated carbocycles. The van der Waals surface area contributed by atoms with Crippen molar-refractivity contribution >= 4 is 52.5 Å². The lowest BCUT2D eigenvalue weighted by Gasteiger charge is -2.37. The Bertz CT molecular complexity index is 929. The van der Waals surface area contributed by atoms with Gasteiger partial charge in [-0.2, -0.15) is 4.98 Å². The van der Waals surface area contributed by atoms with E-state index in [0.29, 0.717) is 59.7 Å². The van der Waals surface area contributed by atoms with Crippen LogP contribution in [0.15, 0.2) is 24.3 Å². The van der Waals surface area contributed by atoms with Gasteiger partial charge in [0.2, 0.25) is 11.9 Å². The van der Waals surface area contributed by atoms with Gasteiger partial charge in [-0.05, 0) is 37.1 Å². The lowest BCUT2D eigenvalue weighted by atomic mass is 10.0. The van der Waals surface area contributed by atoms with Crippen LogP contribution in [0.2, 0.25) is 15.2 Å². The van der Waals surface area contributed by atoms with Crippen LogP contribution >= 0.6 is 34.8 Å². The molecule has 31 heavy (non-hydrogen) atoms. The number of anilines is 2. The number of piperidine rings is 1. The first kappa shape index (κ1) is 22.4. The molecule has 2 fully saturated rings. The maximum Gasteiger partial charge on any atom is 0.239 e. The van der Waals surface area contributed by atoms with Gasteiger partial charge in [0.1, 0.15) is 11.0 Å². The van der Waals surface area contributed by atoms with Gasteiger partial charge in [0.15, 0.2) is 0 Å². The molecule has 2 N–H and O–H groups in total. The number of amides is 1. The first-order valence-electron chi connectivity index (χ1n) is 10.5. The Hall–Kier alpha value is -1.80. The highest BCUT2D eigenvalue weighted by Crippen LogP contribution is 2.23. The van der Waals surface area contributed by atoms with Crippen LogP contribution in [0.4, 0.5) is 11.8 Å². The molecule has 7 nitrogen and oxygen atoms in total. The molecule has 1 aromatic heterocycles. The average molecular weight is 484 g/mol. The number of halogens is 3. The number of hydrogen-bond donors (Lipinski definition) is 2. The number of carbonyl (C=O) groups is 1. The van der Waals surface area contributed by atoms with E-state index in [1.54, 1.807) is 18.2 Å². The van der Waals surface area contributed by atoms with E-state index in [-0.39, 0.29) is 11.9 Å². The van der Waals surface area contributed by atoms with Crippen LogP contribution in [0.5, 0.6) is 0 Å². The quantitative estimate of drug-likeness (QED) is 0.630. The highest BCUT2D eigenvalue weighted by atomic mass is 35.5. The summed E-state index contributed by atoms with van der Waals surface area (Å²) in [6.07, 6.45) is 3.17. The van der Waals surface area contributed by atoms with Gasteiger partial charge in [0, 0.05) is 48.8 Å². The number of carbonyl (C=O) groups excluding carboxylic acids is 1. The van der Waals surface area contributed by atoms with Crippen molar-refractivity contribution in [3.63, 3.8) is 0 Å². The molecule has 0 radical (unpaired) electrons. The molecule has 3 heterocycles. The Kier molecular flexibility index (Phi) is 7.38. The van der Waals surface area contributed by atoms with Gasteiger partial charge in [-0.25, -0.2) is 4.98 Å². The number of nitrogens with one attached hydrogen (secondary N) is 2. The molecule has 0 unspecified atom stereocenters. The predicted octanol–water partition coefficient (Wildman–Crippen LogP) is 3.84. The lowest BCUT2D eigenvalue weighted by Crippen LogP contribution is -2.55. The lowest BCUT2D eigenvalue weighted by molar-refractivity contribution is -0.134. The maximum atomic E-state index is 12.7. The van der Waals surface area contributed by atoms with E-state index < -0.39 is 0 Å². The molecule has 1 aromatic carbocycles. The minimum atomic E-state index is -0.0433. The topological polar surface area (TPSA) is 73.4 Å². The first-order valence-corrected chi connectivity index (χ1v) is 11.6. The van der Waals surface area contributed by atoms with Crippen molar-refractivity contribution in [2.45, 2.75) is 31.8 Å². The van der Waals surface area contributed by atoms with Crippen molar-refractivity contribution in [3.05, 3.63) is 45.0 Å². The predicted molar refractivity (Wildman–Crippen MR) is 125 cm³/mol. The van der Waals surface area contributed by atoms with Gasteiger partial charge in [-0.15, -0.1) is 0 Å². The second-order valence-electron chi connectivity index (χ2n) is 7.78. The number of nitrogens with zero attached hydrogens (tertiary/aromatic N) is 4. The minimum Gasteiger partial charge on any atom is -0.366 e. The van der Waals surface area contributed by atoms with E-state index in [1.165, 1.54) is 0 Å². The summed E-state index contributed by atoms with van der Waals surface area (Å²) in [6, 6.07) is 7.02. The van der Waals surface area contributed by atoms with Crippen molar-refractivity contribution in [3.8, 4) is 0 Å². The number of rotatable bonds is 5. The zero-order valence-corrected chi connectivity index (χ0v) is 19.3. The number of benzene rings is 1. The molecular weight excluding hydrogens is 459 g/mol. The van der Waals surface area contributed by atoms with Gasteiger partial charge in [0.05, 0.1) is 6.04 Å².